The van der Waals surface area contributed by atoms with E-state index in [0.717, 1.165) is 7.87 Å². The molecular formula is C4H3Br3. The van der Waals surface area contributed by atoms with Gasteiger partial charge in [0.25, 0.3) is 0 Å². The summed E-state index contributed by atoms with van der Waals surface area (Å²) in [4.78, 5) is 0. The molecule has 0 atom stereocenters. The maximum absolute atomic E-state index is 3.58. The molecule has 0 radical (unpaired) electrons. The van der Waals surface area contributed by atoms with Gasteiger partial charge in [0.05, 0.1) is 3.39 Å². The van der Waals surface area contributed by atoms with Crippen LogP contribution in [0.2, 0.25) is 0 Å². The van der Waals surface area contributed by atoms with E-state index in [-0.39, 0.29) is 0 Å². The number of hydrogen-bond donors (Lipinski definition) is 0. The second-order valence-corrected chi connectivity index (χ2v) is 4.67. The zero-order chi connectivity index (χ0) is 5.86. The van der Waals surface area contributed by atoms with Crippen LogP contribution < -0.4 is 0 Å². The smallest absolute Gasteiger partial charge is 0.0615 e. The van der Waals surface area contributed by atoms with Crippen LogP contribution in [-0.4, -0.2) is 0 Å². The Morgan fingerprint density at radius 1 is 1.29 bits per heavy atom. The Morgan fingerprint density at radius 3 is 1.71 bits per heavy atom. The highest BCUT2D eigenvalue weighted by atomic mass is 79.9. The fourth-order valence-corrected chi connectivity index (χ4v) is 1.51. The lowest BCUT2D eigenvalue weighted by Crippen LogP contribution is -1.51. The molecule has 0 saturated carbocycles. The van der Waals surface area contributed by atoms with Crippen LogP contribution in [0.3, 0.4) is 0 Å². The highest BCUT2D eigenvalue weighted by Gasteiger charge is 1.79. The third kappa shape index (κ3) is 6.92. The summed E-state index contributed by atoms with van der Waals surface area (Å²) >= 11 is 9.47. The molecule has 0 rings (SSSR count). The molecule has 7 heavy (non-hydrogen) atoms. The largest absolute Gasteiger partial charge is 0.0847 e. The van der Waals surface area contributed by atoms with Crippen molar-refractivity contribution in [1.82, 2.24) is 0 Å². The molecule has 0 unspecified atom stereocenters. The number of halogens is 3. The van der Waals surface area contributed by atoms with E-state index < -0.39 is 0 Å². The summed E-state index contributed by atoms with van der Waals surface area (Å²) in [5.41, 5.74) is 0. The third-order valence-electron chi connectivity index (χ3n) is 0.266. The fourth-order valence-electron chi connectivity index (χ4n) is 0.118. The summed E-state index contributed by atoms with van der Waals surface area (Å²) in [7, 11) is 0. The molecule has 0 spiro atoms. The maximum Gasteiger partial charge on any atom is 0.0615 e. The summed E-state index contributed by atoms with van der Waals surface area (Å²) in [5, 5.41) is 0. The van der Waals surface area contributed by atoms with Crippen molar-refractivity contribution in [3.63, 3.8) is 0 Å². The SMILES string of the molecule is C=C(Br)C=C(Br)Br. The van der Waals surface area contributed by atoms with Crippen molar-refractivity contribution in [3.05, 3.63) is 20.5 Å². The van der Waals surface area contributed by atoms with Gasteiger partial charge in [0.2, 0.25) is 0 Å². The molecule has 0 aromatic rings. The van der Waals surface area contributed by atoms with Crippen molar-refractivity contribution in [2.45, 2.75) is 0 Å². The Bertz CT molecular complexity index is 99.5. The van der Waals surface area contributed by atoms with Crippen LogP contribution in [0.1, 0.15) is 0 Å². The Balaban J connectivity index is 3.68. The minimum atomic E-state index is 0.844. The van der Waals surface area contributed by atoms with Crippen molar-refractivity contribution in [3.8, 4) is 0 Å². The Labute approximate surface area is 68.1 Å². The zero-order valence-electron chi connectivity index (χ0n) is 3.42. The first-order valence-electron chi connectivity index (χ1n) is 1.50. The molecule has 40 valence electrons. The van der Waals surface area contributed by atoms with Gasteiger partial charge in [-0.25, -0.2) is 0 Å². The van der Waals surface area contributed by atoms with E-state index in [2.05, 4.69) is 54.4 Å². The summed E-state index contributed by atoms with van der Waals surface area (Å²) in [6.07, 6.45) is 1.81. The van der Waals surface area contributed by atoms with Gasteiger partial charge in [-0.1, -0.05) is 22.5 Å². The molecule has 0 aromatic heterocycles. The van der Waals surface area contributed by atoms with Gasteiger partial charge in [-0.2, -0.15) is 0 Å². The Kier molecular flexibility index (Phi) is 4.37. The molecule has 0 aliphatic rings. The van der Waals surface area contributed by atoms with Crippen molar-refractivity contribution in [2.75, 3.05) is 0 Å². The second-order valence-electron chi connectivity index (χ2n) is 0.881. The van der Waals surface area contributed by atoms with Gasteiger partial charge in [0.1, 0.15) is 0 Å². The molecule has 3 heteroatoms. The quantitative estimate of drug-likeness (QED) is 0.648. The van der Waals surface area contributed by atoms with E-state index in [1.807, 2.05) is 0 Å². The third-order valence-corrected chi connectivity index (χ3v) is 0.952. The molecule has 0 bridgehead atoms. The lowest BCUT2D eigenvalue weighted by molar-refractivity contribution is 2.06. The molecule has 0 aromatic carbocycles. The normalized spacial score (nSPS) is 7.86. The van der Waals surface area contributed by atoms with E-state index in [4.69, 9.17) is 0 Å². The fraction of sp³-hybridized carbons (Fsp3) is 0. The zero-order valence-corrected chi connectivity index (χ0v) is 8.18. The lowest BCUT2D eigenvalue weighted by Gasteiger charge is -1.79. The Hall–Kier alpha value is 0.920. The van der Waals surface area contributed by atoms with Crippen LogP contribution in [0, 0.1) is 0 Å². The minimum Gasteiger partial charge on any atom is -0.0847 e. The summed E-state index contributed by atoms with van der Waals surface area (Å²) in [5.74, 6) is 0. The summed E-state index contributed by atoms with van der Waals surface area (Å²) in [6.45, 7) is 3.58. The predicted molar refractivity (Wildman–Crippen MR) is 44.0 cm³/mol. The minimum absolute atomic E-state index is 0.844. The highest BCUT2D eigenvalue weighted by Crippen LogP contribution is 2.17. The monoisotopic (exact) mass is 288 g/mol. The molecule has 0 nitrogen and oxygen atoms in total. The van der Waals surface area contributed by atoms with Gasteiger partial charge < -0.3 is 0 Å². The van der Waals surface area contributed by atoms with E-state index in [9.17, 15) is 0 Å². The topological polar surface area (TPSA) is 0 Å². The highest BCUT2D eigenvalue weighted by molar-refractivity contribution is 9.28. The van der Waals surface area contributed by atoms with Crippen molar-refractivity contribution < 1.29 is 0 Å². The number of rotatable bonds is 1. The van der Waals surface area contributed by atoms with Crippen LogP contribution in [0.4, 0.5) is 0 Å². The van der Waals surface area contributed by atoms with Gasteiger partial charge in [0, 0.05) is 4.48 Å². The molecule has 0 saturated heterocycles. The van der Waals surface area contributed by atoms with E-state index >= 15 is 0 Å². The predicted octanol–water partition coefficient (Wildman–Crippen LogP) is 3.53. The molecule has 0 amide bonds. The molecule has 0 N–H and O–H groups in total. The number of hydrogen-bond acceptors (Lipinski definition) is 0. The maximum atomic E-state index is 3.58. The van der Waals surface area contributed by atoms with Crippen LogP contribution in [0.5, 0.6) is 0 Å². The molecule has 0 heterocycles. The van der Waals surface area contributed by atoms with Crippen LogP contribution in [0.25, 0.3) is 0 Å². The van der Waals surface area contributed by atoms with Crippen molar-refractivity contribution >= 4 is 47.8 Å². The lowest BCUT2D eigenvalue weighted by atomic mass is 10.6. The van der Waals surface area contributed by atoms with Crippen LogP contribution in [0.15, 0.2) is 20.5 Å². The first-order valence-corrected chi connectivity index (χ1v) is 3.88. The van der Waals surface area contributed by atoms with Gasteiger partial charge in [-0.3, -0.25) is 0 Å². The molecule has 0 aliphatic carbocycles. The first-order chi connectivity index (χ1) is 3.13. The van der Waals surface area contributed by atoms with E-state index in [1.165, 1.54) is 0 Å². The van der Waals surface area contributed by atoms with E-state index in [0.29, 0.717) is 0 Å². The van der Waals surface area contributed by atoms with Crippen LogP contribution in [-0.2, 0) is 0 Å². The van der Waals surface area contributed by atoms with Crippen molar-refractivity contribution in [2.24, 2.45) is 0 Å². The second kappa shape index (κ2) is 3.87. The number of allylic oxidation sites excluding steroid dienone is 2. The standard InChI is InChI=1S/C4H3Br3/c1-3(5)2-4(6)7/h2H,1H2. The Morgan fingerprint density at radius 2 is 1.71 bits per heavy atom. The van der Waals surface area contributed by atoms with Crippen LogP contribution >= 0.6 is 47.8 Å². The first kappa shape index (κ1) is 7.92. The van der Waals surface area contributed by atoms with Crippen molar-refractivity contribution in [1.29, 1.82) is 0 Å². The van der Waals surface area contributed by atoms with Gasteiger partial charge in [0.15, 0.2) is 0 Å². The van der Waals surface area contributed by atoms with E-state index in [1.54, 1.807) is 6.08 Å². The molecule has 0 aliphatic heterocycles. The summed E-state index contributed by atoms with van der Waals surface area (Å²) in [6, 6.07) is 0. The average molecular weight is 291 g/mol. The molecular weight excluding hydrogens is 288 g/mol. The summed E-state index contributed by atoms with van der Waals surface area (Å²) < 4.78 is 1.73. The van der Waals surface area contributed by atoms with Gasteiger partial charge in [-0.05, 0) is 37.9 Å². The molecule has 0 fully saturated rings. The van der Waals surface area contributed by atoms with Gasteiger partial charge >= 0.3 is 0 Å². The van der Waals surface area contributed by atoms with Gasteiger partial charge in [-0.15, -0.1) is 0 Å². The average Bonchev–Trinajstić information content (AvgIpc) is 1.27.